The highest BCUT2D eigenvalue weighted by atomic mass is 16.3. The Labute approximate surface area is 451 Å². The molecular weight excluding hydrogens is 883 g/mol. The third kappa shape index (κ3) is 56.3. The molecule has 0 radical (unpaired) electrons. The van der Waals surface area contributed by atoms with Gasteiger partial charge in [0.05, 0.1) is 18.8 Å². The van der Waals surface area contributed by atoms with Gasteiger partial charge in [0.25, 0.3) is 0 Å². The second-order valence-corrected chi connectivity index (χ2v) is 22.7. The molecule has 0 aromatic rings. The van der Waals surface area contributed by atoms with Gasteiger partial charge < -0.3 is 20.6 Å². The quantitative estimate of drug-likeness (QED) is 0.0361. The van der Waals surface area contributed by atoms with Crippen molar-refractivity contribution >= 4 is 5.91 Å². The monoisotopic (exact) mass is 1010 g/mol. The standard InChI is InChI=1S/C67H129NO4/c1-3-5-7-9-11-13-15-17-19-21-23-25-26-27-28-29-30-31-32-33-34-35-36-37-38-39-40-41-42-44-46-48-50-52-54-56-58-60-62-66(71)67(72)68-64(63-69)65(70)61-59-57-55-53-51-49-47-45-43-24-22-20-18-16-14-12-10-8-6-4-2/h43,45,51,53,59,61,64-66,69-71H,3-42,44,46-50,52,54-58,60,62-63H2,1-2H3,(H,68,72)/b45-43+,53-51+,61-59+. The molecule has 0 rings (SSSR count). The molecule has 0 aliphatic carbocycles. The topological polar surface area (TPSA) is 89.8 Å². The van der Waals surface area contributed by atoms with Crippen LogP contribution in [-0.2, 0) is 4.79 Å². The number of aliphatic hydroxyl groups excluding tert-OH is 3. The second-order valence-electron chi connectivity index (χ2n) is 22.7. The zero-order valence-corrected chi connectivity index (χ0v) is 48.8. The van der Waals surface area contributed by atoms with E-state index in [9.17, 15) is 20.1 Å². The Morgan fingerprint density at radius 2 is 0.569 bits per heavy atom. The average molecular weight is 1010 g/mol. The number of allylic oxidation sites excluding steroid dienone is 5. The Morgan fingerprint density at radius 1 is 0.333 bits per heavy atom. The van der Waals surface area contributed by atoms with E-state index in [1.807, 2.05) is 6.08 Å². The van der Waals surface area contributed by atoms with Gasteiger partial charge in [-0.3, -0.25) is 4.79 Å². The number of carbonyl (C=O) groups is 1. The van der Waals surface area contributed by atoms with E-state index in [2.05, 4.69) is 43.5 Å². The number of unbranched alkanes of at least 4 members (excludes halogenated alkanes) is 49. The van der Waals surface area contributed by atoms with Crippen molar-refractivity contribution in [3.05, 3.63) is 36.5 Å². The molecular formula is C67H129NO4. The van der Waals surface area contributed by atoms with Crippen LogP contribution in [0.15, 0.2) is 36.5 Å². The maximum absolute atomic E-state index is 12.6. The van der Waals surface area contributed by atoms with E-state index in [-0.39, 0.29) is 6.61 Å². The lowest BCUT2D eigenvalue weighted by Crippen LogP contribution is -2.48. The Morgan fingerprint density at radius 3 is 0.847 bits per heavy atom. The van der Waals surface area contributed by atoms with Gasteiger partial charge in [0, 0.05) is 0 Å². The minimum Gasteiger partial charge on any atom is -0.394 e. The highest BCUT2D eigenvalue weighted by Crippen LogP contribution is 2.19. The third-order valence-electron chi connectivity index (χ3n) is 15.5. The maximum Gasteiger partial charge on any atom is 0.249 e. The summed E-state index contributed by atoms with van der Waals surface area (Å²) in [6.07, 6.45) is 82.8. The van der Waals surface area contributed by atoms with Crippen molar-refractivity contribution in [1.82, 2.24) is 5.32 Å². The van der Waals surface area contributed by atoms with E-state index in [1.54, 1.807) is 6.08 Å². The molecule has 5 heteroatoms. The molecule has 4 N–H and O–H groups in total. The van der Waals surface area contributed by atoms with Gasteiger partial charge in [-0.2, -0.15) is 0 Å². The second kappa shape index (κ2) is 62.1. The van der Waals surface area contributed by atoms with Crippen LogP contribution >= 0.6 is 0 Å². The summed E-state index contributed by atoms with van der Waals surface area (Å²) in [5, 5.41) is 33.4. The van der Waals surface area contributed by atoms with Crippen molar-refractivity contribution in [2.45, 2.75) is 379 Å². The van der Waals surface area contributed by atoms with Crippen molar-refractivity contribution in [3.8, 4) is 0 Å². The zero-order chi connectivity index (χ0) is 52.2. The molecule has 426 valence electrons. The number of carbonyl (C=O) groups excluding carboxylic acids is 1. The molecule has 0 aromatic carbocycles. The van der Waals surface area contributed by atoms with E-state index in [4.69, 9.17) is 0 Å². The lowest BCUT2D eigenvalue weighted by Gasteiger charge is -2.21. The molecule has 0 saturated heterocycles. The van der Waals surface area contributed by atoms with Crippen molar-refractivity contribution < 1.29 is 20.1 Å². The lowest BCUT2D eigenvalue weighted by molar-refractivity contribution is -0.131. The van der Waals surface area contributed by atoms with Gasteiger partial charge in [-0.1, -0.05) is 352 Å². The minimum absolute atomic E-state index is 0.379. The van der Waals surface area contributed by atoms with Crippen molar-refractivity contribution in [3.63, 3.8) is 0 Å². The molecule has 0 aliphatic heterocycles. The first-order chi connectivity index (χ1) is 35.6. The van der Waals surface area contributed by atoms with Gasteiger partial charge in [0.15, 0.2) is 0 Å². The van der Waals surface area contributed by atoms with E-state index in [0.29, 0.717) is 6.42 Å². The molecule has 0 heterocycles. The Kier molecular flexibility index (Phi) is 60.9. The highest BCUT2D eigenvalue weighted by Gasteiger charge is 2.22. The normalized spacial score (nSPS) is 13.3. The van der Waals surface area contributed by atoms with E-state index >= 15 is 0 Å². The van der Waals surface area contributed by atoms with Gasteiger partial charge in [0.2, 0.25) is 5.91 Å². The number of rotatable bonds is 61. The summed E-state index contributed by atoms with van der Waals surface area (Å²) in [5.41, 5.74) is 0. The van der Waals surface area contributed by atoms with Crippen LogP contribution in [0.3, 0.4) is 0 Å². The van der Waals surface area contributed by atoms with Gasteiger partial charge in [-0.25, -0.2) is 0 Å². The van der Waals surface area contributed by atoms with Crippen LogP contribution in [0.5, 0.6) is 0 Å². The smallest absolute Gasteiger partial charge is 0.249 e. The SMILES string of the molecule is CCCCCCCCCCCC/C=C/CC/C=C/CC/C=C/C(O)C(CO)NC(=O)C(O)CCCCCCCCCCCCCCCCCCCCCCCCCCCCCCCCCCCCCCCC. The van der Waals surface area contributed by atoms with Gasteiger partial charge >= 0.3 is 0 Å². The molecule has 0 spiro atoms. The van der Waals surface area contributed by atoms with E-state index in [1.165, 1.54) is 295 Å². The average Bonchev–Trinajstić information content (AvgIpc) is 3.39. The van der Waals surface area contributed by atoms with Gasteiger partial charge in [-0.15, -0.1) is 0 Å². The summed E-state index contributed by atoms with van der Waals surface area (Å²) in [6.45, 7) is 4.21. The summed E-state index contributed by atoms with van der Waals surface area (Å²) < 4.78 is 0. The molecule has 72 heavy (non-hydrogen) atoms. The largest absolute Gasteiger partial charge is 0.394 e. The predicted molar refractivity (Wildman–Crippen MR) is 319 cm³/mol. The summed E-state index contributed by atoms with van der Waals surface area (Å²) in [6, 6.07) is -0.821. The zero-order valence-electron chi connectivity index (χ0n) is 48.8. The Balaban J connectivity index is 3.48. The highest BCUT2D eigenvalue weighted by molar-refractivity contribution is 5.80. The first kappa shape index (κ1) is 70.6. The number of aliphatic hydroxyl groups is 3. The third-order valence-corrected chi connectivity index (χ3v) is 15.5. The van der Waals surface area contributed by atoms with Crippen LogP contribution in [0, 0.1) is 0 Å². The molecule has 5 nitrogen and oxygen atoms in total. The van der Waals surface area contributed by atoms with E-state index in [0.717, 1.165) is 44.9 Å². The first-order valence-corrected chi connectivity index (χ1v) is 32.8. The number of nitrogens with one attached hydrogen (secondary N) is 1. The molecule has 3 atom stereocenters. The number of hydrogen-bond donors (Lipinski definition) is 4. The fraction of sp³-hybridized carbons (Fsp3) is 0.896. The molecule has 0 saturated carbocycles. The lowest BCUT2D eigenvalue weighted by atomic mass is 10.0. The van der Waals surface area contributed by atoms with E-state index < -0.39 is 24.2 Å². The van der Waals surface area contributed by atoms with Gasteiger partial charge in [0.1, 0.15) is 6.10 Å². The van der Waals surface area contributed by atoms with Crippen LogP contribution in [0.4, 0.5) is 0 Å². The molecule has 0 fully saturated rings. The molecule has 3 unspecified atom stereocenters. The van der Waals surface area contributed by atoms with Crippen LogP contribution in [0.25, 0.3) is 0 Å². The minimum atomic E-state index is -1.11. The molecule has 0 aliphatic rings. The number of amides is 1. The van der Waals surface area contributed by atoms with Gasteiger partial charge in [-0.05, 0) is 44.9 Å². The van der Waals surface area contributed by atoms with Crippen molar-refractivity contribution in [2.75, 3.05) is 6.61 Å². The summed E-state index contributed by atoms with van der Waals surface area (Å²) in [7, 11) is 0. The summed E-state index contributed by atoms with van der Waals surface area (Å²) in [4.78, 5) is 12.6. The predicted octanol–water partition coefficient (Wildman–Crippen LogP) is 21.0. The number of hydrogen-bond acceptors (Lipinski definition) is 4. The Hall–Kier alpha value is -1.43. The fourth-order valence-corrected chi connectivity index (χ4v) is 10.4. The molecule has 1 amide bonds. The maximum atomic E-state index is 12.6. The molecule has 0 aromatic heterocycles. The van der Waals surface area contributed by atoms with Crippen LogP contribution in [0.2, 0.25) is 0 Å². The van der Waals surface area contributed by atoms with Crippen LogP contribution in [0.1, 0.15) is 361 Å². The first-order valence-electron chi connectivity index (χ1n) is 32.8. The Bertz CT molecular complexity index is 1120. The summed E-state index contributed by atoms with van der Waals surface area (Å²) >= 11 is 0. The van der Waals surface area contributed by atoms with Crippen molar-refractivity contribution in [1.29, 1.82) is 0 Å². The molecule has 0 bridgehead atoms. The van der Waals surface area contributed by atoms with Crippen LogP contribution < -0.4 is 5.32 Å². The van der Waals surface area contributed by atoms with Crippen LogP contribution in [-0.4, -0.2) is 46.1 Å². The fourth-order valence-electron chi connectivity index (χ4n) is 10.4. The summed E-state index contributed by atoms with van der Waals surface area (Å²) in [5.74, 6) is -0.511. The van der Waals surface area contributed by atoms with Crippen molar-refractivity contribution in [2.24, 2.45) is 0 Å².